The van der Waals surface area contributed by atoms with Crippen LogP contribution in [0.5, 0.6) is 0 Å². The van der Waals surface area contributed by atoms with E-state index in [1.54, 1.807) is 0 Å². The Bertz CT molecular complexity index is 508. The van der Waals surface area contributed by atoms with Crippen molar-refractivity contribution >= 4 is 11.5 Å². The number of anilines is 1. The minimum Gasteiger partial charge on any atom is -0.371 e. The first-order chi connectivity index (χ1) is 9.79. The number of rotatable bonds is 1. The Balaban J connectivity index is 1.53. The number of benzene rings is 1. The van der Waals surface area contributed by atoms with E-state index in [1.165, 1.54) is 5.69 Å². The fourth-order valence-electron chi connectivity index (χ4n) is 4.08. The minimum atomic E-state index is -0.0133. The van der Waals surface area contributed by atoms with Gasteiger partial charge < -0.3 is 4.90 Å². The van der Waals surface area contributed by atoms with Gasteiger partial charge in [0.1, 0.15) is 5.78 Å². The Morgan fingerprint density at radius 1 is 1.10 bits per heavy atom. The maximum absolute atomic E-state index is 12.2. The van der Waals surface area contributed by atoms with Crippen molar-refractivity contribution in [2.45, 2.75) is 24.8 Å². The molecule has 1 aromatic rings. The third kappa shape index (κ3) is 1.71. The molecule has 4 heteroatoms. The monoisotopic (exact) mass is 272 g/mol. The first kappa shape index (κ1) is 12.4. The van der Waals surface area contributed by atoms with Crippen LogP contribution in [0, 0.1) is 5.92 Å². The lowest BCUT2D eigenvalue weighted by molar-refractivity contribution is -0.178. The van der Waals surface area contributed by atoms with Crippen LogP contribution in [-0.2, 0) is 9.63 Å². The normalized spacial score (nSPS) is 31.8. The van der Waals surface area contributed by atoms with Crippen molar-refractivity contribution < 1.29 is 9.63 Å². The summed E-state index contributed by atoms with van der Waals surface area (Å²) in [6.07, 6.45) is 2.71. The van der Waals surface area contributed by atoms with E-state index in [9.17, 15) is 4.79 Å². The van der Waals surface area contributed by atoms with Crippen LogP contribution in [-0.4, -0.2) is 42.6 Å². The molecule has 1 spiro atoms. The number of hydrogen-bond donors (Lipinski definition) is 0. The number of nitrogens with zero attached hydrogens (tertiary/aromatic N) is 2. The van der Waals surface area contributed by atoms with Crippen LogP contribution in [0.4, 0.5) is 5.69 Å². The van der Waals surface area contributed by atoms with Gasteiger partial charge >= 0.3 is 0 Å². The standard InChI is InChI=1S/C16H20N2O2/c19-15-6-9-18-16(14(15)12-20-18)7-10-17(11-8-16)13-4-2-1-3-5-13/h1-5,14H,6-12H2/t14-/m0/s1. The lowest BCUT2D eigenvalue weighted by atomic mass is 9.72. The van der Waals surface area contributed by atoms with Crippen LogP contribution in [0.15, 0.2) is 30.3 Å². The molecule has 0 amide bonds. The van der Waals surface area contributed by atoms with Crippen LogP contribution >= 0.6 is 0 Å². The molecule has 1 aromatic carbocycles. The number of carbonyl (C=O) groups excluding carboxylic acids is 1. The molecule has 0 aliphatic carbocycles. The zero-order valence-electron chi connectivity index (χ0n) is 11.6. The molecule has 2 bridgehead atoms. The molecule has 0 saturated carbocycles. The lowest BCUT2D eigenvalue weighted by Crippen LogP contribution is -2.59. The smallest absolute Gasteiger partial charge is 0.141 e. The molecule has 1 unspecified atom stereocenters. The molecule has 3 heterocycles. The van der Waals surface area contributed by atoms with Crippen LogP contribution in [0.25, 0.3) is 0 Å². The number of hydrogen-bond acceptors (Lipinski definition) is 4. The highest BCUT2D eigenvalue weighted by molar-refractivity contribution is 5.84. The van der Waals surface area contributed by atoms with Gasteiger partial charge in [0.15, 0.2) is 0 Å². The molecule has 0 N–H and O–H groups in total. The summed E-state index contributed by atoms with van der Waals surface area (Å²) >= 11 is 0. The number of Topliss-reactive ketones (excluding diaryl/α,β-unsaturated/α-hetero) is 1. The summed E-state index contributed by atoms with van der Waals surface area (Å²) in [5.74, 6) is 0.515. The Kier molecular flexibility index (Phi) is 2.82. The van der Waals surface area contributed by atoms with Crippen molar-refractivity contribution in [2.75, 3.05) is 31.1 Å². The Hall–Kier alpha value is -1.39. The molecule has 106 valence electrons. The second kappa shape index (κ2) is 4.57. The number of hydroxylamine groups is 2. The van der Waals surface area contributed by atoms with Gasteiger partial charge in [0, 0.05) is 31.7 Å². The maximum atomic E-state index is 12.2. The fourth-order valence-corrected chi connectivity index (χ4v) is 4.08. The van der Waals surface area contributed by atoms with Crippen molar-refractivity contribution in [2.24, 2.45) is 5.92 Å². The van der Waals surface area contributed by atoms with Crippen LogP contribution in [0.3, 0.4) is 0 Å². The van der Waals surface area contributed by atoms with Crippen molar-refractivity contribution in [3.63, 3.8) is 0 Å². The summed E-state index contributed by atoms with van der Waals surface area (Å²) in [5, 5.41) is 2.13. The summed E-state index contributed by atoms with van der Waals surface area (Å²) in [6, 6.07) is 10.5. The SMILES string of the molecule is O=C1CCN2OC[C@@H]1C21CCN(c2ccccc2)CC1. The van der Waals surface area contributed by atoms with Gasteiger partial charge in [0.2, 0.25) is 0 Å². The van der Waals surface area contributed by atoms with Crippen LogP contribution in [0.1, 0.15) is 19.3 Å². The Morgan fingerprint density at radius 3 is 2.60 bits per heavy atom. The predicted molar refractivity (Wildman–Crippen MR) is 76.4 cm³/mol. The van der Waals surface area contributed by atoms with Gasteiger partial charge in [-0.05, 0) is 25.0 Å². The summed E-state index contributed by atoms with van der Waals surface area (Å²) in [6.45, 7) is 3.39. The number of para-hydroxylation sites is 1. The van der Waals surface area contributed by atoms with Gasteiger partial charge in [0.05, 0.1) is 18.1 Å². The molecule has 3 saturated heterocycles. The molecule has 3 fully saturated rings. The number of ketones is 1. The van der Waals surface area contributed by atoms with Gasteiger partial charge in [-0.2, -0.15) is 5.06 Å². The van der Waals surface area contributed by atoms with E-state index in [0.29, 0.717) is 18.8 Å². The zero-order chi connectivity index (χ0) is 13.6. The largest absolute Gasteiger partial charge is 0.371 e. The molecule has 20 heavy (non-hydrogen) atoms. The minimum absolute atomic E-state index is 0.0133. The van der Waals surface area contributed by atoms with Crippen molar-refractivity contribution in [1.82, 2.24) is 5.06 Å². The van der Waals surface area contributed by atoms with Crippen molar-refractivity contribution in [3.8, 4) is 0 Å². The highest BCUT2D eigenvalue weighted by Crippen LogP contribution is 2.45. The molecular weight excluding hydrogens is 252 g/mol. The summed E-state index contributed by atoms with van der Waals surface area (Å²) in [7, 11) is 0. The second-order valence-corrected chi connectivity index (χ2v) is 6.09. The molecule has 4 nitrogen and oxygen atoms in total. The van der Waals surface area contributed by atoms with Gasteiger partial charge in [-0.3, -0.25) is 9.63 Å². The zero-order valence-corrected chi connectivity index (χ0v) is 11.6. The van der Waals surface area contributed by atoms with Gasteiger partial charge in [-0.25, -0.2) is 0 Å². The average molecular weight is 272 g/mol. The fraction of sp³-hybridized carbons (Fsp3) is 0.562. The molecule has 4 rings (SSSR count). The Morgan fingerprint density at radius 2 is 1.85 bits per heavy atom. The van der Waals surface area contributed by atoms with E-state index in [-0.39, 0.29) is 11.5 Å². The highest BCUT2D eigenvalue weighted by atomic mass is 16.7. The van der Waals surface area contributed by atoms with Crippen LogP contribution in [0.2, 0.25) is 0 Å². The Labute approximate surface area is 119 Å². The topological polar surface area (TPSA) is 32.8 Å². The highest BCUT2D eigenvalue weighted by Gasteiger charge is 2.56. The van der Waals surface area contributed by atoms with E-state index in [2.05, 4.69) is 40.3 Å². The molecule has 0 aromatic heterocycles. The average Bonchev–Trinajstić information content (AvgIpc) is 2.70. The predicted octanol–water partition coefficient (Wildman–Crippen LogP) is 1.86. The van der Waals surface area contributed by atoms with Gasteiger partial charge in [-0.15, -0.1) is 0 Å². The summed E-state index contributed by atoms with van der Waals surface area (Å²) < 4.78 is 0. The lowest BCUT2D eigenvalue weighted by Gasteiger charge is -2.48. The van der Waals surface area contributed by atoms with E-state index in [4.69, 9.17) is 4.84 Å². The maximum Gasteiger partial charge on any atom is 0.141 e. The molecule has 0 radical (unpaired) electrons. The molecule has 3 aliphatic heterocycles. The first-order valence-electron chi connectivity index (χ1n) is 7.53. The summed E-state index contributed by atoms with van der Waals surface area (Å²) in [4.78, 5) is 20.4. The molecule has 3 aliphatic rings. The quantitative estimate of drug-likeness (QED) is 0.781. The van der Waals surface area contributed by atoms with E-state index in [1.807, 2.05) is 0 Å². The van der Waals surface area contributed by atoms with Gasteiger partial charge in [-0.1, -0.05) is 18.2 Å². The summed E-state index contributed by atoms with van der Waals surface area (Å²) in [5.41, 5.74) is 1.27. The van der Waals surface area contributed by atoms with E-state index < -0.39 is 0 Å². The van der Waals surface area contributed by atoms with Crippen molar-refractivity contribution in [1.29, 1.82) is 0 Å². The van der Waals surface area contributed by atoms with Gasteiger partial charge in [0.25, 0.3) is 0 Å². The third-order valence-electron chi connectivity index (χ3n) is 5.24. The second-order valence-electron chi connectivity index (χ2n) is 6.09. The van der Waals surface area contributed by atoms with E-state index in [0.717, 1.165) is 32.5 Å². The first-order valence-corrected chi connectivity index (χ1v) is 7.53. The van der Waals surface area contributed by atoms with E-state index >= 15 is 0 Å². The van der Waals surface area contributed by atoms with Crippen LogP contribution < -0.4 is 4.90 Å². The molecular formula is C16H20N2O2. The molecule has 2 atom stereocenters. The number of carbonyl (C=O) groups is 1. The third-order valence-corrected chi connectivity index (χ3v) is 5.24. The van der Waals surface area contributed by atoms with Crippen molar-refractivity contribution in [3.05, 3.63) is 30.3 Å². The number of piperidine rings is 2.